The van der Waals surface area contributed by atoms with Gasteiger partial charge in [-0.05, 0) is 56.9 Å². The molecule has 0 amide bonds. The largest absolute Gasteiger partial charge is 0.495 e. The minimum Gasteiger partial charge on any atom is -0.495 e. The minimum absolute atomic E-state index is 0.00123. The molecule has 0 saturated carbocycles. The number of anilines is 1. The lowest BCUT2D eigenvalue weighted by Crippen LogP contribution is -2.25. The number of thiazole rings is 1. The van der Waals surface area contributed by atoms with E-state index >= 15 is 0 Å². The lowest BCUT2D eigenvalue weighted by molar-refractivity contribution is 0.104. The number of aromatic nitrogens is 1. The summed E-state index contributed by atoms with van der Waals surface area (Å²) in [6.45, 7) is 6.67. The average Bonchev–Trinajstić information content (AvgIpc) is 3.18. The van der Waals surface area contributed by atoms with Crippen molar-refractivity contribution in [2.24, 2.45) is 0 Å². The number of carbonyl (C=O) groups is 1. The first-order chi connectivity index (χ1) is 16.2. The molecule has 0 radical (unpaired) electrons. The number of aryl methyl sites for hydroxylation is 3. The van der Waals surface area contributed by atoms with Crippen molar-refractivity contribution >= 4 is 32.3 Å². The van der Waals surface area contributed by atoms with Gasteiger partial charge >= 0.3 is 0 Å². The van der Waals surface area contributed by atoms with Crippen molar-refractivity contribution in [3.63, 3.8) is 0 Å². The van der Waals surface area contributed by atoms with Gasteiger partial charge in [0.05, 0.1) is 17.7 Å². The molecule has 0 bridgehead atoms. The summed E-state index contributed by atoms with van der Waals surface area (Å²) in [5.41, 5.74) is 3.23. The normalized spacial score (nSPS) is 11.4. The van der Waals surface area contributed by atoms with Gasteiger partial charge in [0.15, 0.2) is 5.13 Å². The second-order valence-corrected chi connectivity index (χ2v) is 10.9. The third-order valence-electron chi connectivity index (χ3n) is 5.42. The summed E-state index contributed by atoms with van der Waals surface area (Å²) in [5.74, 6) is 0.333. The summed E-state index contributed by atoms with van der Waals surface area (Å²) in [6, 6.07) is 12.6. The van der Waals surface area contributed by atoms with Gasteiger partial charge in [0.25, 0.3) is 0 Å². The average molecular weight is 502 g/mol. The number of rotatable bonds is 12. The van der Waals surface area contributed by atoms with Crippen LogP contribution < -0.4 is 14.8 Å². The molecule has 0 aliphatic rings. The Labute approximate surface area is 205 Å². The van der Waals surface area contributed by atoms with Crippen LogP contribution in [0.3, 0.4) is 0 Å². The van der Waals surface area contributed by atoms with E-state index in [1.54, 1.807) is 12.1 Å². The van der Waals surface area contributed by atoms with E-state index in [-0.39, 0.29) is 10.7 Å². The fraction of sp³-hybridized carbons (Fsp3) is 0.360. The first kappa shape index (κ1) is 25.9. The third-order valence-corrected chi connectivity index (χ3v) is 8.02. The Morgan fingerprint density at radius 1 is 1.03 bits per heavy atom. The van der Waals surface area contributed by atoms with Gasteiger partial charge in [-0.2, -0.15) is 0 Å². The fourth-order valence-corrected chi connectivity index (χ4v) is 5.80. The van der Waals surface area contributed by atoms with E-state index in [0.29, 0.717) is 35.7 Å². The summed E-state index contributed by atoms with van der Waals surface area (Å²) in [4.78, 5) is 18.2. The number of ether oxygens (including phenoxy) is 1. The van der Waals surface area contributed by atoms with Crippen LogP contribution in [-0.2, 0) is 10.0 Å². The number of benzene rings is 2. The van der Waals surface area contributed by atoms with Crippen molar-refractivity contribution in [3.05, 3.63) is 69.7 Å². The van der Waals surface area contributed by atoms with Crippen LogP contribution in [0.4, 0.5) is 5.13 Å². The van der Waals surface area contributed by atoms with Crippen molar-refractivity contribution in [2.45, 2.75) is 44.9 Å². The molecule has 34 heavy (non-hydrogen) atoms. The molecule has 0 unspecified atom stereocenters. The van der Waals surface area contributed by atoms with Gasteiger partial charge < -0.3 is 10.1 Å². The summed E-state index contributed by atoms with van der Waals surface area (Å²) in [7, 11) is -2.17. The van der Waals surface area contributed by atoms with Crippen molar-refractivity contribution in [2.75, 3.05) is 25.5 Å². The zero-order chi connectivity index (χ0) is 24.7. The number of unbranched alkanes of at least 4 members (excludes halogenated alkanes) is 2. The Kier molecular flexibility index (Phi) is 8.82. The zero-order valence-corrected chi connectivity index (χ0v) is 21.6. The van der Waals surface area contributed by atoms with E-state index in [1.165, 1.54) is 18.4 Å². The van der Waals surface area contributed by atoms with Gasteiger partial charge in [-0.1, -0.05) is 48.1 Å². The highest BCUT2D eigenvalue weighted by Gasteiger charge is 2.20. The topological polar surface area (TPSA) is 97.4 Å². The van der Waals surface area contributed by atoms with Gasteiger partial charge in [0.2, 0.25) is 15.8 Å². The monoisotopic (exact) mass is 501 g/mol. The van der Waals surface area contributed by atoms with Crippen LogP contribution in [0.1, 0.15) is 51.3 Å². The first-order valence-electron chi connectivity index (χ1n) is 11.2. The maximum absolute atomic E-state index is 12.9. The molecule has 2 aromatic carbocycles. The van der Waals surface area contributed by atoms with Gasteiger partial charge in [-0.3, -0.25) is 4.79 Å². The standard InChI is InChI=1S/C25H31N3O4S2/c1-17-12-13-21(32-4)22(16-17)34(30,31)27-15-9-5-8-14-26-25-28-19(3)24(33-25)23(29)20-11-7-6-10-18(20)2/h6-7,10-13,16,27H,5,8-9,14-15H2,1-4H3,(H,26,28). The molecule has 3 rings (SSSR count). The Morgan fingerprint density at radius 3 is 2.50 bits per heavy atom. The number of hydrogen-bond acceptors (Lipinski definition) is 7. The van der Waals surface area contributed by atoms with Gasteiger partial charge in [0.1, 0.15) is 10.6 Å². The molecule has 0 spiro atoms. The maximum atomic E-state index is 12.9. The van der Waals surface area contributed by atoms with Crippen LogP contribution in [0.2, 0.25) is 0 Å². The second-order valence-electron chi connectivity index (χ2n) is 8.12. The number of methoxy groups -OCH3 is 1. The highest BCUT2D eigenvalue weighted by molar-refractivity contribution is 7.89. The van der Waals surface area contributed by atoms with Crippen molar-refractivity contribution in [3.8, 4) is 5.75 Å². The second kappa shape index (κ2) is 11.6. The highest BCUT2D eigenvalue weighted by atomic mass is 32.2. The van der Waals surface area contributed by atoms with Crippen molar-refractivity contribution < 1.29 is 17.9 Å². The molecule has 182 valence electrons. The van der Waals surface area contributed by atoms with Gasteiger partial charge in [0, 0.05) is 18.7 Å². The predicted molar refractivity (Wildman–Crippen MR) is 137 cm³/mol. The molecular weight excluding hydrogens is 470 g/mol. The number of hydrogen-bond donors (Lipinski definition) is 2. The van der Waals surface area contributed by atoms with Crippen LogP contribution in [0, 0.1) is 20.8 Å². The molecule has 0 aliphatic heterocycles. The predicted octanol–water partition coefficient (Wildman–Crippen LogP) is 4.87. The lowest BCUT2D eigenvalue weighted by Gasteiger charge is -2.11. The summed E-state index contributed by atoms with van der Waals surface area (Å²) in [6.07, 6.45) is 2.41. The molecule has 9 heteroatoms. The molecule has 1 heterocycles. The van der Waals surface area contributed by atoms with Crippen molar-refractivity contribution in [1.82, 2.24) is 9.71 Å². The quantitative estimate of drug-likeness (QED) is 0.271. The van der Waals surface area contributed by atoms with Crippen LogP contribution in [0.25, 0.3) is 0 Å². The molecule has 7 nitrogen and oxygen atoms in total. The highest BCUT2D eigenvalue weighted by Crippen LogP contribution is 2.27. The molecule has 0 aliphatic carbocycles. The zero-order valence-electron chi connectivity index (χ0n) is 20.0. The molecule has 0 atom stereocenters. The molecular formula is C25H31N3O4S2. The number of sulfonamides is 1. The Bertz CT molecular complexity index is 1250. The van der Waals surface area contributed by atoms with E-state index in [0.717, 1.165) is 34.8 Å². The van der Waals surface area contributed by atoms with Gasteiger partial charge in [-0.15, -0.1) is 0 Å². The summed E-state index contributed by atoms with van der Waals surface area (Å²) in [5, 5.41) is 4.00. The van der Waals surface area contributed by atoms with Crippen LogP contribution >= 0.6 is 11.3 Å². The van der Waals surface area contributed by atoms with E-state index in [9.17, 15) is 13.2 Å². The van der Waals surface area contributed by atoms with Crippen LogP contribution in [0.5, 0.6) is 5.75 Å². The Morgan fingerprint density at radius 2 is 1.76 bits per heavy atom. The SMILES string of the molecule is COc1ccc(C)cc1S(=O)(=O)NCCCCCNc1nc(C)c(C(=O)c2ccccc2C)s1. The van der Waals surface area contributed by atoms with E-state index < -0.39 is 10.0 Å². The Balaban J connectivity index is 1.44. The number of carbonyl (C=O) groups excluding carboxylic acids is 1. The van der Waals surface area contributed by atoms with E-state index in [2.05, 4.69) is 15.0 Å². The van der Waals surface area contributed by atoms with E-state index in [4.69, 9.17) is 4.74 Å². The Hall–Kier alpha value is -2.75. The molecule has 0 saturated heterocycles. The minimum atomic E-state index is -3.63. The summed E-state index contributed by atoms with van der Waals surface area (Å²) < 4.78 is 33.1. The third kappa shape index (κ3) is 6.43. The fourth-order valence-electron chi connectivity index (χ4n) is 3.53. The van der Waals surface area contributed by atoms with Crippen molar-refractivity contribution in [1.29, 1.82) is 0 Å². The molecule has 3 aromatic rings. The molecule has 0 fully saturated rings. The smallest absolute Gasteiger partial charge is 0.244 e. The number of ketones is 1. The van der Waals surface area contributed by atoms with Crippen LogP contribution in [-0.4, -0.2) is 39.4 Å². The molecule has 2 N–H and O–H groups in total. The lowest BCUT2D eigenvalue weighted by atomic mass is 10.0. The number of nitrogens with zero attached hydrogens (tertiary/aromatic N) is 1. The number of nitrogens with one attached hydrogen (secondary N) is 2. The maximum Gasteiger partial charge on any atom is 0.244 e. The summed E-state index contributed by atoms with van der Waals surface area (Å²) >= 11 is 1.37. The van der Waals surface area contributed by atoms with E-state index in [1.807, 2.05) is 51.1 Å². The molecule has 1 aromatic heterocycles. The van der Waals surface area contributed by atoms with Gasteiger partial charge in [-0.25, -0.2) is 18.1 Å². The van der Waals surface area contributed by atoms with Crippen LogP contribution in [0.15, 0.2) is 47.4 Å². The first-order valence-corrected chi connectivity index (χ1v) is 13.5.